The lowest BCUT2D eigenvalue weighted by Crippen LogP contribution is -2.34. The molecule has 2 fully saturated rings. The van der Waals surface area contributed by atoms with Crippen LogP contribution in [0.4, 0.5) is 49.4 Å². The van der Waals surface area contributed by atoms with Gasteiger partial charge in [-0.05, 0) is 52.7 Å². The number of carboxylic acids is 2. The Bertz CT molecular complexity index is 2260. The predicted molar refractivity (Wildman–Crippen MR) is 211 cm³/mol. The summed E-state index contributed by atoms with van der Waals surface area (Å²) in [5.41, 5.74) is -4.53. The molecule has 0 radical (unpaired) electrons. The number of carbonyl (C=O) groups is 4. The number of benzene rings is 2. The maximum Gasteiger partial charge on any atom is 0.307 e. The number of methoxy groups -OCH3 is 2. The second kappa shape index (κ2) is 18.3. The molecular formula is C40H38Cl2F6N6O8. The minimum Gasteiger partial charge on any atom is -0.481 e. The largest absolute Gasteiger partial charge is 0.481 e. The van der Waals surface area contributed by atoms with Gasteiger partial charge in [0.25, 0.3) is 0 Å². The SMILES string of the molecule is COc1nc(N(CC(C)(C)F)c2cc(Cl)c(F)cc2F)cnc1C(=O)[C@H]1C[C@@H]1C(=O)O.COc1nc(N(CC(C)(C)F)c2cc(Cl)c(F)cc2F)cnc1C(=O)[C@H]1C[C@@H]1C(=O)O. The quantitative estimate of drug-likeness (QED) is 0.0620. The number of alkyl halides is 2. The van der Waals surface area contributed by atoms with Gasteiger partial charge in [0.15, 0.2) is 34.6 Å². The molecule has 2 N–H and O–H groups in total. The molecule has 2 aromatic heterocycles. The molecule has 4 atom stereocenters. The molecule has 2 aromatic carbocycles. The van der Waals surface area contributed by atoms with E-state index >= 15 is 0 Å². The van der Waals surface area contributed by atoms with Gasteiger partial charge in [-0.2, -0.15) is 9.97 Å². The molecule has 2 saturated carbocycles. The van der Waals surface area contributed by atoms with E-state index < -0.39 is 94.9 Å². The molecule has 22 heteroatoms. The summed E-state index contributed by atoms with van der Waals surface area (Å²) in [6.07, 6.45) is 2.58. The fraction of sp³-hybridized carbons (Fsp3) is 0.400. The molecule has 2 heterocycles. The van der Waals surface area contributed by atoms with Crippen molar-refractivity contribution in [1.29, 1.82) is 0 Å². The summed E-state index contributed by atoms with van der Waals surface area (Å²) in [7, 11) is 2.45. The Morgan fingerprint density at radius 2 is 0.984 bits per heavy atom. The first-order valence-electron chi connectivity index (χ1n) is 18.4. The highest BCUT2D eigenvalue weighted by Crippen LogP contribution is 2.44. The van der Waals surface area contributed by atoms with Gasteiger partial charge >= 0.3 is 11.9 Å². The van der Waals surface area contributed by atoms with Gasteiger partial charge in [-0.15, -0.1) is 0 Å². The van der Waals surface area contributed by atoms with E-state index in [2.05, 4.69) is 19.9 Å². The van der Waals surface area contributed by atoms with Crippen molar-refractivity contribution in [2.75, 3.05) is 37.1 Å². The molecule has 2 aliphatic rings. The van der Waals surface area contributed by atoms with E-state index in [1.54, 1.807) is 0 Å². The van der Waals surface area contributed by atoms with E-state index in [9.17, 15) is 45.5 Å². The smallest absolute Gasteiger partial charge is 0.307 e. The van der Waals surface area contributed by atoms with Crippen LogP contribution in [0.1, 0.15) is 61.5 Å². The number of hydrogen-bond acceptors (Lipinski definition) is 12. The van der Waals surface area contributed by atoms with Crippen molar-refractivity contribution < 1.29 is 65.2 Å². The Hall–Kier alpha value is -5.76. The van der Waals surface area contributed by atoms with Crippen molar-refractivity contribution in [3.05, 3.63) is 81.4 Å². The van der Waals surface area contributed by atoms with Crippen molar-refractivity contribution in [3.8, 4) is 11.8 Å². The van der Waals surface area contributed by atoms with Gasteiger partial charge in [0.05, 0.1) is 73.0 Å². The highest BCUT2D eigenvalue weighted by molar-refractivity contribution is 6.31. The summed E-state index contributed by atoms with van der Waals surface area (Å²) in [6.45, 7) is 4.21. The van der Waals surface area contributed by atoms with Crippen LogP contribution < -0.4 is 19.3 Å². The minimum absolute atomic E-state index is 0.0775. The summed E-state index contributed by atoms with van der Waals surface area (Å²) >= 11 is 11.6. The van der Waals surface area contributed by atoms with Crippen molar-refractivity contribution in [2.24, 2.45) is 23.7 Å². The fourth-order valence-electron chi connectivity index (χ4n) is 6.25. The van der Waals surface area contributed by atoms with Crippen LogP contribution in [-0.4, -0.2) is 92.3 Å². The molecule has 62 heavy (non-hydrogen) atoms. The van der Waals surface area contributed by atoms with Crippen molar-refractivity contribution in [3.63, 3.8) is 0 Å². The molecule has 0 bridgehead atoms. The lowest BCUT2D eigenvalue weighted by atomic mass is 10.1. The number of ketones is 2. The van der Waals surface area contributed by atoms with Gasteiger partial charge in [0.2, 0.25) is 11.8 Å². The number of carboxylic acid groups (broad SMARTS) is 2. The second-order valence-corrected chi connectivity index (χ2v) is 16.3. The molecule has 2 aliphatic carbocycles. The first-order chi connectivity index (χ1) is 28.8. The van der Waals surface area contributed by atoms with E-state index in [4.69, 9.17) is 42.9 Å². The van der Waals surface area contributed by atoms with Crippen LogP contribution in [-0.2, 0) is 9.59 Å². The average molecular weight is 916 g/mol. The molecule has 0 amide bonds. The predicted octanol–water partition coefficient (Wildman–Crippen LogP) is 8.41. The lowest BCUT2D eigenvalue weighted by molar-refractivity contribution is -0.139. The molecule has 4 aromatic rings. The zero-order valence-corrected chi connectivity index (χ0v) is 35.2. The Labute approximate surface area is 359 Å². The van der Waals surface area contributed by atoms with Gasteiger partial charge in [0.1, 0.15) is 34.6 Å². The summed E-state index contributed by atoms with van der Waals surface area (Å²) < 4.78 is 95.5. The topological polar surface area (TPSA) is 185 Å². The van der Waals surface area contributed by atoms with Crippen LogP contribution in [0, 0.1) is 46.9 Å². The maximum absolute atomic E-state index is 14.5. The number of nitrogens with zero attached hydrogens (tertiary/aromatic N) is 6. The van der Waals surface area contributed by atoms with Gasteiger partial charge in [-0.25, -0.2) is 36.3 Å². The zero-order valence-electron chi connectivity index (χ0n) is 33.7. The Balaban J connectivity index is 0.000000234. The number of halogens is 8. The van der Waals surface area contributed by atoms with Crippen molar-refractivity contribution in [1.82, 2.24) is 19.9 Å². The van der Waals surface area contributed by atoms with Crippen LogP contribution in [0.3, 0.4) is 0 Å². The van der Waals surface area contributed by atoms with Gasteiger partial charge in [-0.1, -0.05) is 23.2 Å². The van der Waals surface area contributed by atoms with Gasteiger partial charge in [-0.3, -0.25) is 19.2 Å². The Kier molecular flexibility index (Phi) is 14.0. The lowest BCUT2D eigenvalue weighted by Gasteiger charge is -2.29. The highest BCUT2D eigenvalue weighted by Gasteiger charge is 2.50. The number of hydrogen-bond donors (Lipinski definition) is 2. The van der Waals surface area contributed by atoms with Gasteiger partial charge < -0.3 is 29.5 Å². The Morgan fingerprint density at radius 3 is 1.26 bits per heavy atom. The van der Waals surface area contributed by atoms with Crippen molar-refractivity contribution in [2.45, 2.75) is 51.9 Å². The molecular weight excluding hydrogens is 877 g/mol. The molecule has 0 saturated heterocycles. The maximum atomic E-state index is 14.5. The van der Waals surface area contributed by atoms with E-state index in [1.807, 2.05) is 0 Å². The summed E-state index contributed by atoms with van der Waals surface area (Å²) in [6, 6.07) is 3.12. The molecule has 6 rings (SSSR count). The fourth-order valence-corrected chi connectivity index (χ4v) is 6.56. The van der Waals surface area contributed by atoms with Gasteiger partial charge in [0, 0.05) is 24.0 Å². The van der Waals surface area contributed by atoms with Crippen LogP contribution in [0.15, 0.2) is 36.7 Å². The summed E-state index contributed by atoms with van der Waals surface area (Å²) in [5, 5.41) is 17.3. The standard InChI is InChI=1S/2C20H19ClF3N3O4/c2*1-20(2,24)8-27(14-5-11(21)12(22)6-13(14)23)15-7-25-16(18(26-15)31-3)17(28)9-4-10(9)19(29)30/h2*5-7,9-10H,4,8H2,1-3H3,(H,29,30)/t2*9-,10-/m00/s1. The van der Waals surface area contributed by atoms with Crippen molar-refractivity contribution >= 4 is 69.7 Å². The number of carbonyl (C=O) groups excluding carboxylic acids is 2. The Morgan fingerprint density at radius 1 is 0.645 bits per heavy atom. The average Bonchev–Trinajstić information content (AvgIpc) is 4.12. The number of rotatable bonds is 16. The van der Waals surface area contributed by atoms with Crippen LogP contribution in [0.2, 0.25) is 10.0 Å². The number of aromatic nitrogens is 4. The number of ether oxygens (including phenoxy) is 2. The third kappa shape index (κ3) is 11.0. The highest BCUT2D eigenvalue weighted by atomic mass is 35.5. The molecule has 0 aliphatic heterocycles. The third-order valence-electron chi connectivity index (χ3n) is 9.38. The van der Waals surface area contributed by atoms with E-state index in [1.165, 1.54) is 41.9 Å². The van der Waals surface area contributed by atoms with Crippen LogP contribution in [0.5, 0.6) is 11.8 Å². The first-order valence-corrected chi connectivity index (χ1v) is 19.2. The molecule has 0 spiro atoms. The van der Waals surface area contributed by atoms with Crippen LogP contribution >= 0.6 is 23.2 Å². The number of Topliss-reactive ketones (excluding diaryl/α,β-unsaturated/α-hetero) is 2. The molecule has 14 nitrogen and oxygen atoms in total. The minimum atomic E-state index is -1.83. The van der Waals surface area contributed by atoms with E-state index in [0.29, 0.717) is 12.1 Å². The summed E-state index contributed by atoms with van der Waals surface area (Å²) in [4.78, 5) is 65.8. The molecule has 0 unspecified atom stereocenters. The third-order valence-corrected chi connectivity index (χ3v) is 9.96. The number of aliphatic carboxylic acids is 2. The van der Waals surface area contributed by atoms with Crippen LogP contribution in [0.25, 0.3) is 0 Å². The van der Waals surface area contributed by atoms with E-state index in [-0.39, 0.29) is 69.0 Å². The first kappa shape index (κ1) is 47.3. The summed E-state index contributed by atoms with van der Waals surface area (Å²) in [5.74, 6) is -10.9. The second-order valence-electron chi connectivity index (χ2n) is 15.5. The normalized spacial score (nSPS) is 17.9. The number of anilines is 4. The zero-order chi connectivity index (χ0) is 46.2. The van der Waals surface area contributed by atoms with E-state index in [0.717, 1.165) is 34.3 Å². The monoisotopic (exact) mass is 914 g/mol. The molecule has 332 valence electrons.